The van der Waals surface area contributed by atoms with Crippen molar-refractivity contribution in [2.75, 3.05) is 20.6 Å². The van der Waals surface area contributed by atoms with E-state index in [1.165, 1.54) is 29.7 Å². The molecule has 25 heavy (non-hydrogen) atoms. The van der Waals surface area contributed by atoms with Crippen molar-refractivity contribution >= 4 is 5.96 Å². The van der Waals surface area contributed by atoms with Crippen molar-refractivity contribution in [3.63, 3.8) is 0 Å². The van der Waals surface area contributed by atoms with Crippen LogP contribution < -0.4 is 5.32 Å². The molecule has 0 spiro atoms. The minimum Gasteiger partial charge on any atom is -0.352 e. The summed E-state index contributed by atoms with van der Waals surface area (Å²) < 4.78 is 2.09. The van der Waals surface area contributed by atoms with E-state index >= 15 is 0 Å². The van der Waals surface area contributed by atoms with Crippen LogP contribution >= 0.6 is 0 Å². The molecule has 0 radical (unpaired) electrons. The van der Waals surface area contributed by atoms with Crippen LogP contribution in [0.5, 0.6) is 0 Å². The maximum atomic E-state index is 4.73. The lowest BCUT2D eigenvalue weighted by Crippen LogP contribution is -2.39. The fraction of sp³-hybridized carbons (Fsp3) is 0.500. The molecule has 136 valence electrons. The van der Waals surface area contributed by atoms with E-state index in [9.17, 15) is 0 Å². The highest BCUT2D eigenvalue weighted by atomic mass is 15.3. The second kappa shape index (κ2) is 9.25. The van der Waals surface area contributed by atoms with Crippen LogP contribution in [0.25, 0.3) is 0 Å². The SMILES string of the molecule is CCCCN(C)C(=NC)NCc1c(C)nn(Cc2ccccc2)c1C. The Morgan fingerprint density at radius 3 is 2.60 bits per heavy atom. The summed E-state index contributed by atoms with van der Waals surface area (Å²) in [4.78, 5) is 6.58. The molecule has 0 fully saturated rings. The molecule has 2 aromatic rings. The molecule has 0 aliphatic rings. The number of aliphatic imine (C=N–C) groups is 1. The first-order valence-corrected chi connectivity index (χ1v) is 9.05. The number of unbranched alkanes of at least 4 members (excludes halogenated alkanes) is 1. The van der Waals surface area contributed by atoms with Gasteiger partial charge in [-0.05, 0) is 25.8 Å². The maximum Gasteiger partial charge on any atom is 0.193 e. The van der Waals surface area contributed by atoms with Gasteiger partial charge in [-0.2, -0.15) is 5.10 Å². The Balaban J connectivity index is 2.05. The molecule has 0 aliphatic heterocycles. The minimum absolute atomic E-state index is 0.746. The molecule has 0 amide bonds. The van der Waals surface area contributed by atoms with Gasteiger partial charge in [-0.25, -0.2) is 0 Å². The van der Waals surface area contributed by atoms with Gasteiger partial charge in [-0.3, -0.25) is 9.67 Å². The molecule has 1 heterocycles. The average molecular weight is 342 g/mol. The van der Waals surface area contributed by atoms with Gasteiger partial charge in [-0.1, -0.05) is 43.7 Å². The molecule has 2 rings (SSSR count). The summed E-state index contributed by atoms with van der Waals surface area (Å²) in [5.74, 6) is 0.933. The van der Waals surface area contributed by atoms with E-state index in [1.807, 2.05) is 13.1 Å². The summed E-state index contributed by atoms with van der Waals surface area (Å²) in [5, 5.41) is 8.20. The van der Waals surface area contributed by atoms with Gasteiger partial charge in [0.1, 0.15) is 0 Å². The van der Waals surface area contributed by atoms with Crippen molar-refractivity contribution in [3.8, 4) is 0 Å². The largest absolute Gasteiger partial charge is 0.352 e. The fourth-order valence-electron chi connectivity index (χ4n) is 2.95. The highest BCUT2D eigenvalue weighted by Crippen LogP contribution is 2.14. The molecule has 0 atom stereocenters. The summed E-state index contributed by atoms with van der Waals surface area (Å²) >= 11 is 0. The van der Waals surface area contributed by atoms with Gasteiger partial charge in [0.2, 0.25) is 0 Å². The lowest BCUT2D eigenvalue weighted by Gasteiger charge is -2.22. The van der Waals surface area contributed by atoms with Crippen LogP contribution in [0.1, 0.15) is 42.3 Å². The zero-order valence-corrected chi connectivity index (χ0v) is 16.2. The highest BCUT2D eigenvalue weighted by Gasteiger charge is 2.13. The molecule has 0 bridgehead atoms. The molecular formula is C20H31N5. The lowest BCUT2D eigenvalue weighted by atomic mass is 10.2. The number of aryl methyl sites for hydroxylation is 1. The molecule has 5 nitrogen and oxygen atoms in total. The van der Waals surface area contributed by atoms with Crippen LogP contribution in [0, 0.1) is 13.8 Å². The van der Waals surface area contributed by atoms with Gasteiger partial charge in [0, 0.05) is 38.4 Å². The topological polar surface area (TPSA) is 45.4 Å². The summed E-state index contributed by atoms with van der Waals surface area (Å²) in [7, 11) is 3.92. The zero-order chi connectivity index (χ0) is 18.2. The van der Waals surface area contributed by atoms with Crippen molar-refractivity contribution in [2.24, 2.45) is 4.99 Å². The van der Waals surface area contributed by atoms with Crippen molar-refractivity contribution < 1.29 is 0 Å². The number of rotatable bonds is 7. The van der Waals surface area contributed by atoms with Gasteiger partial charge >= 0.3 is 0 Å². The van der Waals surface area contributed by atoms with Gasteiger partial charge in [0.05, 0.1) is 12.2 Å². The number of nitrogens with zero attached hydrogens (tertiary/aromatic N) is 4. The third kappa shape index (κ3) is 5.08. The second-order valence-corrected chi connectivity index (χ2v) is 6.47. The Hall–Kier alpha value is -2.30. The van der Waals surface area contributed by atoms with E-state index in [4.69, 9.17) is 5.10 Å². The number of hydrogen-bond acceptors (Lipinski definition) is 2. The fourth-order valence-corrected chi connectivity index (χ4v) is 2.95. The number of aromatic nitrogens is 2. The van der Waals surface area contributed by atoms with Crippen LogP contribution in [-0.2, 0) is 13.1 Å². The van der Waals surface area contributed by atoms with E-state index in [2.05, 4.69) is 72.0 Å². The summed E-state index contributed by atoms with van der Waals surface area (Å²) in [6.45, 7) is 8.99. The zero-order valence-electron chi connectivity index (χ0n) is 16.2. The van der Waals surface area contributed by atoms with Crippen LogP contribution in [0.15, 0.2) is 35.3 Å². The predicted molar refractivity (Wildman–Crippen MR) is 105 cm³/mol. The maximum absolute atomic E-state index is 4.73. The normalized spacial score (nSPS) is 11.6. The first-order chi connectivity index (χ1) is 12.1. The van der Waals surface area contributed by atoms with E-state index < -0.39 is 0 Å². The first kappa shape index (κ1) is 19.0. The van der Waals surface area contributed by atoms with E-state index in [0.29, 0.717) is 0 Å². The van der Waals surface area contributed by atoms with Crippen molar-refractivity contribution in [1.82, 2.24) is 20.0 Å². The van der Waals surface area contributed by atoms with Crippen molar-refractivity contribution in [2.45, 2.75) is 46.7 Å². The molecule has 0 saturated carbocycles. The van der Waals surface area contributed by atoms with Gasteiger partial charge in [0.25, 0.3) is 0 Å². The Morgan fingerprint density at radius 2 is 1.96 bits per heavy atom. The smallest absolute Gasteiger partial charge is 0.193 e. The third-order valence-electron chi connectivity index (χ3n) is 4.55. The highest BCUT2D eigenvalue weighted by molar-refractivity contribution is 5.79. The van der Waals surface area contributed by atoms with E-state index in [-0.39, 0.29) is 0 Å². The minimum atomic E-state index is 0.746. The van der Waals surface area contributed by atoms with Crippen LogP contribution in [0.4, 0.5) is 0 Å². The Labute approximate surface area is 151 Å². The second-order valence-electron chi connectivity index (χ2n) is 6.47. The van der Waals surface area contributed by atoms with E-state index in [1.54, 1.807) is 0 Å². The van der Waals surface area contributed by atoms with Crippen LogP contribution in [-0.4, -0.2) is 41.3 Å². The summed E-state index contributed by atoms with van der Waals surface area (Å²) in [5.41, 5.74) is 4.80. The van der Waals surface area contributed by atoms with Crippen molar-refractivity contribution in [3.05, 3.63) is 52.8 Å². The predicted octanol–water partition coefficient (Wildman–Crippen LogP) is 3.36. The Morgan fingerprint density at radius 1 is 1.24 bits per heavy atom. The Kier molecular flexibility index (Phi) is 7.04. The van der Waals surface area contributed by atoms with E-state index in [0.717, 1.165) is 31.3 Å². The summed E-state index contributed by atoms with van der Waals surface area (Å²) in [6, 6.07) is 10.5. The number of benzene rings is 1. The number of nitrogens with one attached hydrogen (secondary N) is 1. The number of hydrogen-bond donors (Lipinski definition) is 1. The molecule has 0 aliphatic carbocycles. The molecule has 0 unspecified atom stereocenters. The molecular weight excluding hydrogens is 310 g/mol. The quantitative estimate of drug-likeness (QED) is 0.620. The molecule has 1 N–H and O–H groups in total. The third-order valence-corrected chi connectivity index (χ3v) is 4.55. The Bertz CT molecular complexity index is 688. The van der Waals surface area contributed by atoms with Gasteiger partial charge in [-0.15, -0.1) is 0 Å². The van der Waals surface area contributed by atoms with Gasteiger partial charge in [0.15, 0.2) is 5.96 Å². The molecule has 0 saturated heterocycles. The lowest BCUT2D eigenvalue weighted by molar-refractivity contribution is 0.464. The average Bonchev–Trinajstić information content (AvgIpc) is 2.88. The van der Waals surface area contributed by atoms with Crippen LogP contribution in [0.3, 0.4) is 0 Å². The van der Waals surface area contributed by atoms with Crippen LogP contribution in [0.2, 0.25) is 0 Å². The molecule has 1 aromatic heterocycles. The standard InChI is InChI=1S/C20H31N5/c1-6-7-13-24(5)20(21-4)22-14-19-16(2)23-25(17(19)3)15-18-11-9-8-10-12-18/h8-12H,6-7,13-15H2,1-5H3,(H,21,22). The molecule has 1 aromatic carbocycles. The van der Waals surface area contributed by atoms with Crippen molar-refractivity contribution in [1.29, 1.82) is 0 Å². The van der Waals surface area contributed by atoms with Gasteiger partial charge < -0.3 is 10.2 Å². The monoisotopic (exact) mass is 341 g/mol. The number of guanidine groups is 1. The molecule has 5 heteroatoms. The summed E-state index contributed by atoms with van der Waals surface area (Å²) in [6.07, 6.45) is 2.36. The first-order valence-electron chi connectivity index (χ1n) is 9.05.